The van der Waals surface area contributed by atoms with Gasteiger partial charge in [0.15, 0.2) is 0 Å². The van der Waals surface area contributed by atoms with Crippen LogP contribution in [0.2, 0.25) is 0 Å². The molecule has 80 valence electrons. The van der Waals surface area contributed by atoms with Gasteiger partial charge in [-0.05, 0) is 25.8 Å². The van der Waals surface area contributed by atoms with Crippen LogP contribution < -0.4 is 0 Å². The van der Waals surface area contributed by atoms with Gasteiger partial charge in [-0.25, -0.2) is 4.79 Å². The molecule has 4 heteroatoms. The van der Waals surface area contributed by atoms with Crippen LogP contribution in [0, 0.1) is 5.92 Å². The van der Waals surface area contributed by atoms with Crippen molar-refractivity contribution in [1.82, 2.24) is 4.90 Å². The van der Waals surface area contributed by atoms with E-state index < -0.39 is 5.97 Å². The fourth-order valence-corrected chi connectivity index (χ4v) is 1.74. The highest BCUT2D eigenvalue weighted by Gasteiger charge is 2.26. The topological polar surface area (TPSA) is 60.8 Å². The minimum atomic E-state index is -0.939. The molecular weight excluding hydrogens is 182 g/mol. The summed E-state index contributed by atoms with van der Waals surface area (Å²) < 4.78 is 0. The number of nitrogens with zero attached hydrogens (tertiary/aromatic N) is 1. The molecule has 1 aliphatic heterocycles. The summed E-state index contributed by atoms with van der Waals surface area (Å²) in [5.74, 6) is -0.665. The Kier molecular flexibility index (Phi) is 3.66. The van der Waals surface area contributed by atoms with Gasteiger partial charge in [0, 0.05) is 18.7 Å². The monoisotopic (exact) mass is 199 g/mol. The summed E-state index contributed by atoms with van der Waals surface area (Å²) in [7, 11) is 0. The predicted octanol–water partition coefficient (Wildman–Crippen LogP) is 0.330. The van der Waals surface area contributed by atoms with Crippen LogP contribution in [0.3, 0.4) is 0 Å². The molecule has 0 aromatic heterocycles. The highest BCUT2D eigenvalue weighted by atomic mass is 16.4. The summed E-state index contributed by atoms with van der Waals surface area (Å²) in [5.41, 5.74) is 0.219. The van der Waals surface area contributed by atoms with Crippen LogP contribution in [-0.2, 0) is 4.79 Å². The highest BCUT2D eigenvalue weighted by Crippen LogP contribution is 2.19. The molecule has 1 heterocycles. The van der Waals surface area contributed by atoms with Gasteiger partial charge in [-0.15, -0.1) is 0 Å². The molecule has 14 heavy (non-hydrogen) atoms. The zero-order chi connectivity index (χ0) is 10.7. The maximum Gasteiger partial charge on any atom is 0.332 e. The average Bonchev–Trinajstić information content (AvgIpc) is 2.52. The van der Waals surface area contributed by atoms with Crippen molar-refractivity contribution in [2.24, 2.45) is 5.92 Å². The Hall–Kier alpha value is -0.870. The van der Waals surface area contributed by atoms with E-state index in [1.165, 1.54) is 0 Å². The normalized spacial score (nSPS) is 24.9. The zero-order valence-electron chi connectivity index (χ0n) is 8.44. The van der Waals surface area contributed by atoms with Gasteiger partial charge < -0.3 is 10.2 Å². The Morgan fingerprint density at radius 1 is 1.71 bits per heavy atom. The number of carboxylic acids is 1. The molecule has 2 unspecified atom stereocenters. The van der Waals surface area contributed by atoms with Crippen molar-refractivity contribution in [2.45, 2.75) is 19.4 Å². The van der Waals surface area contributed by atoms with Crippen molar-refractivity contribution in [2.75, 3.05) is 19.6 Å². The number of rotatable bonds is 4. The van der Waals surface area contributed by atoms with Crippen LogP contribution in [0.1, 0.15) is 13.3 Å². The molecule has 2 N–H and O–H groups in total. The standard InChI is InChI=1S/C10H17NO3/c1-7(10(13)14)5-11-4-3-9(6-11)8(2)12/h8-9,12H,1,3-6H2,2H3,(H,13,14). The second-order valence-electron chi connectivity index (χ2n) is 3.93. The summed E-state index contributed by atoms with van der Waals surface area (Å²) in [6.07, 6.45) is 0.628. The van der Waals surface area contributed by atoms with Crippen molar-refractivity contribution in [3.63, 3.8) is 0 Å². The van der Waals surface area contributed by atoms with E-state index in [4.69, 9.17) is 5.11 Å². The number of likely N-dealkylation sites (tertiary alicyclic amines) is 1. The third kappa shape index (κ3) is 2.82. The first-order valence-electron chi connectivity index (χ1n) is 4.82. The maximum atomic E-state index is 10.5. The number of hydrogen-bond donors (Lipinski definition) is 2. The Labute approximate surface area is 83.8 Å². The van der Waals surface area contributed by atoms with Gasteiger partial charge in [-0.3, -0.25) is 4.90 Å². The van der Waals surface area contributed by atoms with E-state index in [9.17, 15) is 9.90 Å². The fraction of sp³-hybridized carbons (Fsp3) is 0.700. The Bertz CT molecular complexity index is 238. The second-order valence-corrected chi connectivity index (χ2v) is 3.93. The van der Waals surface area contributed by atoms with Gasteiger partial charge in [0.25, 0.3) is 0 Å². The third-order valence-corrected chi connectivity index (χ3v) is 2.71. The summed E-state index contributed by atoms with van der Waals surface area (Å²) in [5, 5.41) is 18.0. The molecule has 0 spiro atoms. The first kappa shape index (κ1) is 11.2. The zero-order valence-corrected chi connectivity index (χ0v) is 8.44. The Morgan fingerprint density at radius 3 is 2.79 bits per heavy atom. The molecule has 0 aromatic carbocycles. The molecule has 0 saturated carbocycles. The van der Waals surface area contributed by atoms with Gasteiger partial charge >= 0.3 is 5.97 Å². The van der Waals surface area contributed by atoms with Crippen molar-refractivity contribution in [3.05, 3.63) is 12.2 Å². The molecular formula is C10H17NO3. The molecule has 2 atom stereocenters. The molecule has 0 radical (unpaired) electrons. The molecule has 1 aliphatic rings. The summed E-state index contributed by atoms with van der Waals surface area (Å²) in [4.78, 5) is 12.5. The Balaban J connectivity index is 2.36. The van der Waals surface area contributed by atoms with Crippen molar-refractivity contribution >= 4 is 5.97 Å². The van der Waals surface area contributed by atoms with Gasteiger partial charge in [-0.1, -0.05) is 6.58 Å². The smallest absolute Gasteiger partial charge is 0.332 e. The van der Waals surface area contributed by atoms with Gasteiger partial charge in [0.1, 0.15) is 0 Å². The van der Waals surface area contributed by atoms with Gasteiger partial charge in [-0.2, -0.15) is 0 Å². The molecule has 1 rings (SSSR count). The van der Waals surface area contributed by atoms with E-state index >= 15 is 0 Å². The van der Waals surface area contributed by atoms with Crippen molar-refractivity contribution in [1.29, 1.82) is 0 Å². The molecule has 0 aliphatic carbocycles. The summed E-state index contributed by atoms with van der Waals surface area (Å²) in [6, 6.07) is 0. The van der Waals surface area contributed by atoms with Crippen molar-refractivity contribution in [3.8, 4) is 0 Å². The largest absolute Gasteiger partial charge is 0.478 e. The molecule has 0 amide bonds. The van der Waals surface area contributed by atoms with Gasteiger partial charge in [0.2, 0.25) is 0 Å². The SMILES string of the molecule is C=C(CN1CCC(C(C)O)C1)C(=O)O. The average molecular weight is 199 g/mol. The number of carboxylic acid groups (broad SMARTS) is 1. The summed E-state index contributed by atoms with van der Waals surface area (Å²) in [6.45, 7) is 7.28. The lowest BCUT2D eigenvalue weighted by atomic mass is 10.0. The number of carbonyl (C=O) groups is 1. The second kappa shape index (κ2) is 4.57. The highest BCUT2D eigenvalue weighted by molar-refractivity contribution is 5.86. The first-order chi connectivity index (χ1) is 6.50. The fourth-order valence-electron chi connectivity index (χ4n) is 1.74. The number of aliphatic hydroxyl groups excluding tert-OH is 1. The van der Waals surface area contributed by atoms with Crippen LogP contribution in [0.4, 0.5) is 0 Å². The van der Waals surface area contributed by atoms with E-state index in [0.29, 0.717) is 6.54 Å². The van der Waals surface area contributed by atoms with E-state index in [1.54, 1.807) is 6.92 Å². The predicted molar refractivity (Wildman–Crippen MR) is 53.0 cm³/mol. The quantitative estimate of drug-likeness (QED) is 0.640. The van der Waals surface area contributed by atoms with Crippen LogP contribution in [-0.4, -0.2) is 46.8 Å². The lowest BCUT2D eigenvalue weighted by molar-refractivity contribution is -0.132. The van der Waals surface area contributed by atoms with Crippen LogP contribution in [0.15, 0.2) is 12.2 Å². The van der Waals surface area contributed by atoms with E-state index in [0.717, 1.165) is 19.5 Å². The van der Waals surface area contributed by atoms with E-state index in [2.05, 4.69) is 6.58 Å². The Morgan fingerprint density at radius 2 is 2.36 bits per heavy atom. The molecule has 4 nitrogen and oxygen atoms in total. The van der Waals surface area contributed by atoms with Crippen LogP contribution >= 0.6 is 0 Å². The molecule has 0 bridgehead atoms. The lowest BCUT2D eigenvalue weighted by Gasteiger charge is -2.16. The third-order valence-electron chi connectivity index (χ3n) is 2.71. The number of aliphatic hydroxyl groups is 1. The lowest BCUT2D eigenvalue weighted by Crippen LogP contribution is -2.27. The molecule has 0 aromatic rings. The van der Waals surface area contributed by atoms with Crippen LogP contribution in [0.25, 0.3) is 0 Å². The molecule has 1 saturated heterocycles. The van der Waals surface area contributed by atoms with E-state index in [1.807, 2.05) is 4.90 Å². The number of hydrogen-bond acceptors (Lipinski definition) is 3. The summed E-state index contributed by atoms with van der Waals surface area (Å²) >= 11 is 0. The number of aliphatic carboxylic acids is 1. The van der Waals surface area contributed by atoms with E-state index in [-0.39, 0.29) is 17.6 Å². The van der Waals surface area contributed by atoms with Gasteiger partial charge in [0.05, 0.1) is 6.10 Å². The minimum absolute atomic E-state index is 0.219. The molecule has 1 fully saturated rings. The van der Waals surface area contributed by atoms with Crippen LogP contribution in [0.5, 0.6) is 0 Å². The maximum absolute atomic E-state index is 10.5. The van der Waals surface area contributed by atoms with Crippen molar-refractivity contribution < 1.29 is 15.0 Å². The first-order valence-corrected chi connectivity index (χ1v) is 4.82. The minimum Gasteiger partial charge on any atom is -0.478 e.